The molecule has 0 bridgehead atoms. The summed E-state index contributed by atoms with van der Waals surface area (Å²) in [7, 11) is 0. The van der Waals surface area contributed by atoms with Gasteiger partial charge in [-0.15, -0.1) is 0 Å². The molecular weight excluding hydrogens is 353 g/mol. The minimum Gasteiger partial charge on any atom is -0.310 e. The van der Waals surface area contributed by atoms with Crippen molar-refractivity contribution < 1.29 is 9.18 Å². The smallest absolute Gasteiger partial charge is 0.241 e. The maximum atomic E-state index is 13.2. The Kier molecular flexibility index (Phi) is 6.43. The van der Waals surface area contributed by atoms with Gasteiger partial charge in [-0.3, -0.25) is 9.69 Å². The Labute approximate surface area is 166 Å². The Balaban J connectivity index is 1.76. The molecular formula is C23H26FN3O. The largest absolute Gasteiger partial charge is 0.310 e. The van der Waals surface area contributed by atoms with Crippen LogP contribution in [0.4, 0.5) is 10.1 Å². The first-order valence-corrected chi connectivity index (χ1v) is 9.70. The molecule has 28 heavy (non-hydrogen) atoms. The van der Waals surface area contributed by atoms with Crippen LogP contribution in [-0.2, 0) is 11.3 Å². The van der Waals surface area contributed by atoms with E-state index in [4.69, 9.17) is 5.26 Å². The molecule has 0 aromatic heterocycles. The molecule has 3 rings (SSSR count). The molecule has 0 atom stereocenters. The van der Waals surface area contributed by atoms with Crippen LogP contribution in [0.15, 0.2) is 42.5 Å². The number of amides is 1. The lowest BCUT2D eigenvalue weighted by atomic mass is 10.1. The van der Waals surface area contributed by atoms with E-state index in [0.29, 0.717) is 32.1 Å². The zero-order chi connectivity index (χ0) is 20.1. The van der Waals surface area contributed by atoms with Crippen LogP contribution in [0.2, 0.25) is 0 Å². The fraction of sp³-hybridized carbons (Fsp3) is 0.391. The summed E-state index contributed by atoms with van der Waals surface area (Å²) in [6, 6.07) is 15.0. The molecule has 1 saturated carbocycles. The predicted octanol–water partition coefficient (Wildman–Crippen LogP) is 4.35. The summed E-state index contributed by atoms with van der Waals surface area (Å²) in [4.78, 5) is 17.1. The van der Waals surface area contributed by atoms with Gasteiger partial charge in [0.2, 0.25) is 5.91 Å². The summed E-state index contributed by atoms with van der Waals surface area (Å²) in [6.07, 6.45) is 2.45. The maximum Gasteiger partial charge on any atom is 0.241 e. The van der Waals surface area contributed by atoms with Crippen LogP contribution in [-0.4, -0.2) is 29.9 Å². The van der Waals surface area contributed by atoms with E-state index in [1.807, 2.05) is 26.0 Å². The number of carbonyl (C=O) groups excluding carboxylic acids is 1. The Morgan fingerprint density at radius 1 is 1.14 bits per heavy atom. The topological polar surface area (TPSA) is 47.3 Å². The summed E-state index contributed by atoms with van der Waals surface area (Å²) >= 11 is 0. The quantitative estimate of drug-likeness (QED) is 0.685. The van der Waals surface area contributed by atoms with Crippen molar-refractivity contribution in [3.05, 3.63) is 65.0 Å². The summed E-state index contributed by atoms with van der Waals surface area (Å²) < 4.78 is 13.2. The van der Waals surface area contributed by atoms with Crippen LogP contribution in [0.5, 0.6) is 0 Å². The lowest BCUT2D eigenvalue weighted by Gasteiger charge is -2.28. The van der Waals surface area contributed by atoms with Gasteiger partial charge in [-0.1, -0.05) is 18.2 Å². The van der Waals surface area contributed by atoms with Crippen molar-refractivity contribution in [2.24, 2.45) is 0 Å². The van der Waals surface area contributed by atoms with E-state index in [9.17, 15) is 9.18 Å². The molecule has 1 aliphatic rings. The van der Waals surface area contributed by atoms with E-state index in [-0.39, 0.29) is 11.7 Å². The molecule has 0 radical (unpaired) electrons. The van der Waals surface area contributed by atoms with Crippen LogP contribution < -0.4 is 4.90 Å². The van der Waals surface area contributed by atoms with Gasteiger partial charge in [-0.25, -0.2) is 4.39 Å². The molecule has 146 valence electrons. The summed E-state index contributed by atoms with van der Waals surface area (Å²) in [5.74, 6) is -0.260. The third-order valence-corrected chi connectivity index (χ3v) is 4.97. The fourth-order valence-corrected chi connectivity index (χ4v) is 3.50. The Bertz CT molecular complexity index is 848. The second-order valence-corrected chi connectivity index (χ2v) is 7.56. The molecule has 1 amide bonds. The minimum atomic E-state index is -0.254. The first-order valence-electron chi connectivity index (χ1n) is 9.70. The third-order valence-electron chi connectivity index (χ3n) is 4.97. The van der Waals surface area contributed by atoms with E-state index in [1.54, 1.807) is 17.0 Å². The molecule has 0 N–H and O–H groups in total. The molecule has 1 fully saturated rings. The lowest BCUT2D eigenvalue weighted by molar-refractivity contribution is -0.120. The normalized spacial score (nSPS) is 13.4. The van der Waals surface area contributed by atoms with Crippen molar-refractivity contribution in [3.8, 4) is 6.07 Å². The van der Waals surface area contributed by atoms with Crippen molar-refractivity contribution >= 4 is 11.6 Å². The van der Waals surface area contributed by atoms with Gasteiger partial charge in [0, 0.05) is 24.8 Å². The average Bonchev–Trinajstić information content (AvgIpc) is 3.48. The zero-order valence-corrected chi connectivity index (χ0v) is 16.5. The number of rotatable bonds is 8. The third kappa shape index (κ3) is 5.40. The highest BCUT2D eigenvalue weighted by atomic mass is 19.1. The minimum absolute atomic E-state index is 0.00531. The van der Waals surface area contributed by atoms with Gasteiger partial charge in [0.15, 0.2) is 0 Å². The molecule has 2 aromatic carbocycles. The number of nitriles is 1. The van der Waals surface area contributed by atoms with Crippen LogP contribution in [0.1, 0.15) is 36.0 Å². The van der Waals surface area contributed by atoms with Crippen molar-refractivity contribution in [1.29, 1.82) is 5.26 Å². The number of hydrogen-bond donors (Lipinski definition) is 0. The van der Waals surface area contributed by atoms with Crippen LogP contribution in [0.25, 0.3) is 0 Å². The molecule has 2 aromatic rings. The monoisotopic (exact) mass is 379 g/mol. The molecule has 0 spiro atoms. The van der Waals surface area contributed by atoms with Gasteiger partial charge >= 0.3 is 0 Å². The van der Waals surface area contributed by atoms with Crippen molar-refractivity contribution in [3.63, 3.8) is 0 Å². The van der Waals surface area contributed by atoms with Gasteiger partial charge in [0.25, 0.3) is 0 Å². The van der Waals surface area contributed by atoms with E-state index >= 15 is 0 Å². The highest BCUT2D eigenvalue weighted by Crippen LogP contribution is 2.29. The second kappa shape index (κ2) is 8.99. The van der Waals surface area contributed by atoms with Gasteiger partial charge in [0.1, 0.15) is 5.82 Å². The van der Waals surface area contributed by atoms with Crippen molar-refractivity contribution in [2.75, 3.05) is 18.0 Å². The Hall–Kier alpha value is -2.71. The Morgan fingerprint density at radius 2 is 1.79 bits per heavy atom. The Morgan fingerprint density at radius 3 is 2.36 bits per heavy atom. The number of benzene rings is 2. The van der Waals surface area contributed by atoms with Crippen LogP contribution in [0, 0.1) is 31.0 Å². The number of anilines is 1. The highest BCUT2D eigenvalue weighted by molar-refractivity contribution is 5.95. The molecule has 0 heterocycles. The summed E-state index contributed by atoms with van der Waals surface area (Å²) in [5, 5.41) is 9.02. The summed E-state index contributed by atoms with van der Waals surface area (Å²) in [6.45, 7) is 5.31. The number of aryl methyl sites for hydroxylation is 2. The molecule has 0 saturated heterocycles. The van der Waals surface area contributed by atoms with E-state index in [0.717, 1.165) is 35.2 Å². The van der Waals surface area contributed by atoms with Gasteiger partial charge in [0.05, 0.1) is 19.0 Å². The zero-order valence-electron chi connectivity index (χ0n) is 16.5. The second-order valence-electron chi connectivity index (χ2n) is 7.56. The van der Waals surface area contributed by atoms with Crippen molar-refractivity contribution in [1.82, 2.24) is 4.90 Å². The SMILES string of the molecule is Cc1cc(C)cc(N(CCC#N)C(=O)CN(Cc2ccc(F)cc2)C2CC2)c1. The van der Waals surface area contributed by atoms with Gasteiger partial charge in [-0.05, 0) is 67.6 Å². The van der Waals surface area contributed by atoms with Gasteiger partial charge in [-0.2, -0.15) is 5.26 Å². The average molecular weight is 379 g/mol. The molecule has 0 aliphatic heterocycles. The molecule has 4 nitrogen and oxygen atoms in total. The predicted molar refractivity (Wildman–Crippen MR) is 108 cm³/mol. The van der Waals surface area contributed by atoms with Gasteiger partial charge < -0.3 is 4.90 Å². The number of halogens is 1. The summed E-state index contributed by atoms with van der Waals surface area (Å²) in [5.41, 5.74) is 4.02. The van der Waals surface area contributed by atoms with Crippen LogP contribution >= 0.6 is 0 Å². The lowest BCUT2D eigenvalue weighted by Crippen LogP contribution is -2.41. The van der Waals surface area contributed by atoms with Crippen molar-refractivity contribution in [2.45, 2.75) is 45.7 Å². The standard InChI is InChI=1S/C23H26FN3O/c1-17-12-18(2)14-22(13-17)27(11-3-10-25)23(28)16-26(21-8-9-21)15-19-4-6-20(24)7-5-19/h4-7,12-14,21H,3,8-9,11,15-16H2,1-2H3. The molecule has 5 heteroatoms. The first kappa shape index (κ1) is 20.0. The van der Waals surface area contributed by atoms with E-state index in [2.05, 4.69) is 17.0 Å². The first-order chi connectivity index (χ1) is 13.5. The van der Waals surface area contributed by atoms with E-state index in [1.165, 1.54) is 12.1 Å². The van der Waals surface area contributed by atoms with Crippen LogP contribution in [0.3, 0.4) is 0 Å². The van der Waals surface area contributed by atoms with E-state index < -0.39 is 0 Å². The number of nitrogens with zero attached hydrogens (tertiary/aromatic N) is 3. The molecule has 1 aliphatic carbocycles. The number of hydrogen-bond acceptors (Lipinski definition) is 3. The fourth-order valence-electron chi connectivity index (χ4n) is 3.50. The highest BCUT2D eigenvalue weighted by Gasteiger charge is 2.31. The molecule has 0 unspecified atom stereocenters. The maximum absolute atomic E-state index is 13.2. The number of carbonyl (C=O) groups is 1.